The maximum atomic E-state index is 12.9. The first-order chi connectivity index (χ1) is 14.2. The molecule has 0 bridgehead atoms. The third kappa shape index (κ3) is 4.97. The van der Waals surface area contributed by atoms with E-state index >= 15 is 0 Å². The Morgan fingerprint density at radius 2 is 2.07 bits per heavy atom. The molecular formula is C20H22ClN3O5S. The van der Waals surface area contributed by atoms with E-state index in [1.54, 1.807) is 12.1 Å². The first kappa shape index (κ1) is 22.2. The molecule has 0 spiro atoms. The van der Waals surface area contributed by atoms with Gasteiger partial charge in [0.2, 0.25) is 10.0 Å². The van der Waals surface area contributed by atoms with Gasteiger partial charge in [-0.1, -0.05) is 30.7 Å². The molecule has 30 heavy (non-hydrogen) atoms. The highest BCUT2D eigenvalue weighted by Gasteiger charge is 2.29. The van der Waals surface area contributed by atoms with E-state index in [0.717, 1.165) is 12.8 Å². The van der Waals surface area contributed by atoms with Crippen LogP contribution in [-0.4, -0.2) is 43.1 Å². The van der Waals surface area contributed by atoms with Crippen molar-refractivity contribution in [3.63, 3.8) is 0 Å². The number of ketones is 1. The van der Waals surface area contributed by atoms with Crippen molar-refractivity contribution in [3.8, 4) is 0 Å². The Morgan fingerprint density at radius 1 is 1.30 bits per heavy atom. The largest absolute Gasteiger partial charge is 0.377 e. The van der Waals surface area contributed by atoms with Gasteiger partial charge in [-0.2, -0.15) is 4.31 Å². The van der Waals surface area contributed by atoms with Crippen molar-refractivity contribution in [2.75, 3.05) is 25.0 Å². The number of nitrogens with one attached hydrogen (secondary N) is 1. The average Bonchev–Trinajstić information content (AvgIpc) is 2.72. The summed E-state index contributed by atoms with van der Waals surface area (Å²) in [6, 6.07) is 10.1. The van der Waals surface area contributed by atoms with Crippen LogP contribution < -0.4 is 5.32 Å². The molecule has 1 atom stereocenters. The second-order valence-corrected chi connectivity index (χ2v) is 9.68. The maximum absolute atomic E-state index is 12.9. The summed E-state index contributed by atoms with van der Waals surface area (Å²) in [7, 11) is -3.67. The predicted molar refractivity (Wildman–Crippen MR) is 115 cm³/mol. The zero-order valence-corrected chi connectivity index (χ0v) is 17.9. The fourth-order valence-corrected chi connectivity index (χ4v) is 5.22. The molecule has 10 heteroatoms. The topological polar surface area (TPSA) is 110 Å². The van der Waals surface area contributed by atoms with Crippen LogP contribution in [0.2, 0.25) is 5.02 Å². The molecular weight excluding hydrogens is 430 g/mol. The number of benzene rings is 2. The summed E-state index contributed by atoms with van der Waals surface area (Å²) < 4.78 is 27.4. The van der Waals surface area contributed by atoms with Gasteiger partial charge in [-0.15, -0.1) is 0 Å². The molecule has 2 aromatic rings. The number of carbonyl (C=O) groups excluding carboxylic acids is 1. The zero-order valence-electron chi connectivity index (χ0n) is 16.4. The molecule has 0 saturated carbocycles. The summed E-state index contributed by atoms with van der Waals surface area (Å²) in [6.07, 6.45) is 1.81. The van der Waals surface area contributed by atoms with Crippen LogP contribution in [0.15, 0.2) is 47.4 Å². The molecule has 8 nitrogen and oxygen atoms in total. The lowest BCUT2D eigenvalue weighted by molar-refractivity contribution is -0.384. The lowest BCUT2D eigenvalue weighted by Gasteiger charge is -2.30. The number of sulfonamides is 1. The van der Waals surface area contributed by atoms with E-state index in [2.05, 4.69) is 5.32 Å². The van der Waals surface area contributed by atoms with Gasteiger partial charge in [-0.25, -0.2) is 8.42 Å². The van der Waals surface area contributed by atoms with E-state index in [4.69, 9.17) is 11.6 Å². The Kier molecular flexibility index (Phi) is 6.74. The van der Waals surface area contributed by atoms with Crippen molar-refractivity contribution >= 4 is 38.8 Å². The first-order valence-electron chi connectivity index (χ1n) is 9.49. The molecule has 160 valence electrons. The minimum Gasteiger partial charge on any atom is -0.377 e. The number of carbonyl (C=O) groups is 1. The Labute approximate surface area is 180 Å². The quantitative estimate of drug-likeness (QED) is 0.387. The van der Waals surface area contributed by atoms with Gasteiger partial charge in [-0.05, 0) is 43.0 Å². The fourth-order valence-electron chi connectivity index (χ4n) is 3.39. The highest BCUT2D eigenvalue weighted by Crippen LogP contribution is 2.27. The molecule has 1 aliphatic rings. The van der Waals surface area contributed by atoms with E-state index in [-0.39, 0.29) is 33.5 Å². The van der Waals surface area contributed by atoms with E-state index in [1.807, 2.05) is 6.92 Å². The van der Waals surface area contributed by atoms with Crippen LogP contribution in [0.3, 0.4) is 0 Å². The number of hydrogen-bond donors (Lipinski definition) is 1. The number of nitrogens with zero attached hydrogens (tertiary/aromatic N) is 2. The summed E-state index contributed by atoms with van der Waals surface area (Å²) in [5, 5.41) is 13.8. The maximum Gasteiger partial charge on any atom is 0.289 e. The van der Waals surface area contributed by atoms with Crippen molar-refractivity contribution in [1.82, 2.24) is 4.31 Å². The Morgan fingerprint density at radius 3 is 2.77 bits per heavy atom. The molecule has 1 unspecified atom stereocenters. The summed E-state index contributed by atoms with van der Waals surface area (Å²) in [6.45, 7) is 2.82. The van der Waals surface area contributed by atoms with Crippen molar-refractivity contribution in [3.05, 3.63) is 63.2 Å². The fraction of sp³-hybridized carbons (Fsp3) is 0.350. The summed E-state index contributed by atoms with van der Waals surface area (Å²) in [5.41, 5.74) is 0.348. The van der Waals surface area contributed by atoms with Gasteiger partial charge in [0.1, 0.15) is 5.02 Å². The van der Waals surface area contributed by atoms with Crippen molar-refractivity contribution in [2.45, 2.75) is 24.7 Å². The number of nitro groups is 1. The van der Waals surface area contributed by atoms with Gasteiger partial charge in [0.15, 0.2) is 5.78 Å². The number of rotatable bonds is 7. The number of anilines is 1. The van der Waals surface area contributed by atoms with E-state index in [1.165, 1.54) is 34.6 Å². The molecule has 0 aromatic heterocycles. The summed E-state index contributed by atoms with van der Waals surface area (Å²) >= 11 is 5.79. The molecule has 1 aliphatic heterocycles. The van der Waals surface area contributed by atoms with Gasteiger partial charge in [0.25, 0.3) is 5.69 Å². The molecule has 1 N–H and O–H groups in total. The molecule has 1 fully saturated rings. The second-order valence-electron chi connectivity index (χ2n) is 7.34. The molecule has 0 amide bonds. The van der Waals surface area contributed by atoms with Crippen LogP contribution in [0.25, 0.3) is 0 Å². The predicted octanol–water partition coefficient (Wildman–Crippen LogP) is 3.96. The van der Waals surface area contributed by atoms with Gasteiger partial charge in [-0.3, -0.25) is 14.9 Å². The van der Waals surface area contributed by atoms with Crippen LogP contribution in [-0.2, 0) is 10.0 Å². The third-order valence-electron chi connectivity index (χ3n) is 5.01. The van der Waals surface area contributed by atoms with Gasteiger partial charge < -0.3 is 5.32 Å². The SMILES string of the molecule is CC1CCCN(S(=O)(=O)c2cccc(C(=O)CNc3ccc(Cl)c([N+](=O)[O-])c3)c2)C1. The normalized spacial score (nSPS) is 17.5. The van der Waals surface area contributed by atoms with E-state index < -0.39 is 14.9 Å². The monoisotopic (exact) mass is 451 g/mol. The smallest absolute Gasteiger partial charge is 0.289 e. The highest BCUT2D eigenvalue weighted by molar-refractivity contribution is 7.89. The van der Waals surface area contributed by atoms with E-state index in [0.29, 0.717) is 24.7 Å². The van der Waals surface area contributed by atoms with Crippen LogP contribution >= 0.6 is 11.6 Å². The van der Waals surface area contributed by atoms with Crippen molar-refractivity contribution in [1.29, 1.82) is 0 Å². The molecule has 1 saturated heterocycles. The minimum atomic E-state index is -3.67. The average molecular weight is 452 g/mol. The van der Waals surface area contributed by atoms with Gasteiger partial charge in [0, 0.05) is 30.4 Å². The number of Topliss-reactive ketones (excluding diaryl/α,β-unsaturated/α-hetero) is 1. The number of piperidine rings is 1. The van der Waals surface area contributed by atoms with E-state index in [9.17, 15) is 23.3 Å². The first-order valence-corrected chi connectivity index (χ1v) is 11.3. The molecule has 3 rings (SSSR count). The standard InChI is InChI=1S/C20H22ClN3O5S/c1-14-4-3-9-23(13-14)30(28,29)17-6-2-5-15(10-17)20(25)12-22-16-7-8-18(21)19(11-16)24(26)27/h2,5-8,10-11,14,22H,3-4,9,12-13H2,1H3. The van der Waals surface area contributed by atoms with Gasteiger partial charge >= 0.3 is 0 Å². The Hall–Kier alpha value is -2.49. The second kappa shape index (κ2) is 9.11. The van der Waals surface area contributed by atoms with Crippen LogP contribution in [0.4, 0.5) is 11.4 Å². The summed E-state index contributed by atoms with van der Waals surface area (Å²) in [5.74, 6) is -0.0392. The number of nitro benzene ring substituents is 1. The molecule has 0 aliphatic carbocycles. The number of hydrogen-bond acceptors (Lipinski definition) is 6. The molecule has 1 heterocycles. The molecule has 0 radical (unpaired) electrons. The van der Waals surface area contributed by atoms with Gasteiger partial charge in [0.05, 0.1) is 16.4 Å². The lowest BCUT2D eigenvalue weighted by Crippen LogP contribution is -2.39. The van der Waals surface area contributed by atoms with Crippen molar-refractivity contribution < 1.29 is 18.1 Å². The highest BCUT2D eigenvalue weighted by atomic mass is 35.5. The Bertz CT molecular complexity index is 1070. The summed E-state index contributed by atoms with van der Waals surface area (Å²) in [4.78, 5) is 23.0. The Balaban J connectivity index is 1.73. The zero-order chi connectivity index (χ0) is 21.9. The van der Waals surface area contributed by atoms with Crippen LogP contribution in [0, 0.1) is 16.0 Å². The third-order valence-corrected chi connectivity index (χ3v) is 7.19. The van der Waals surface area contributed by atoms with Crippen LogP contribution in [0.5, 0.6) is 0 Å². The minimum absolute atomic E-state index is 0.00168. The lowest BCUT2D eigenvalue weighted by atomic mass is 10.0. The van der Waals surface area contributed by atoms with Crippen molar-refractivity contribution in [2.24, 2.45) is 5.92 Å². The number of halogens is 1. The van der Waals surface area contributed by atoms with Crippen LogP contribution in [0.1, 0.15) is 30.1 Å². The molecule has 2 aromatic carbocycles.